The van der Waals surface area contributed by atoms with E-state index < -0.39 is 12.6 Å². The van der Waals surface area contributed by atoms with Crippen LogP contribution >= 0.6 is 0 Å². The number of benzene rings is 1. The lowest BCUT2D eigenvalue weighted by molar-refractivity contribution is -0.159. The molecule has 154 valence electrons. The largest absolute Gasteiger partial charge is 0.348 e. The van der Waals surface area contributed by atoms with Crippen molar-refractivity contribution < 1.29 is 23.7 Å². The first-order valence-electron chi connectivity index (χ1n) is 9.40. The van der Waals surface area contributed by atoms with Gasteiger partial charge in [0.05, 0.1) is 6.04 Å². The van der Waals surface area contributed by atoms with E-state index in [9.17, 15) is 4.79 Å². The van der Waals surface area contributed by atoms with Gasteiger partial charge >= 0.3 is 0 Å². The molecule has 0 radical (unpaired) electrons. The van der Waals surface area contributed by atoms with Crippen molar-refractivity contribution in [3.8, 4) is 11.8 Å². The average Bonchev–Trinajstić information content (AvgIpc) is 2.68. The Balaban J connectivity index is 2.87. The van der Waals surface area contributed by atoms with E-state index in [1.54, 1.807) is 0 Å². The zero-order valence-electron chi connectivity index (χ0n) is 17.4. The molecule has 0 aliphatic carbocycles. The molecule has 0 saturated carbocycles. The van der Waals surface area contributed by atoms with E-state index in [0.717, 1.165) is 11.1 Å². The van der Waals surface area contributed by atoms with Crippen LogP contribution in [0, 0.1) is 11.8 Å². The van der Waals surface area contributed by atoms with Crippen LogP contribution in [0.2, 0.25) is 0 Å². The van der Waals surface area contributed by atoms with Gasteiger partial charge in [-0.05, 0) is 50.8 Å². The molecule has 0 saturated heterocycles. The summed E-state index contributed by atoms with van der Waals surface area (Å²) in [6.07, 6.45) is 2.98. The third-order valence-electron chi connectivity index (χ3n) is 3.75. The molecule has 1 aromatic rings. The number of hydrogen-bond acceptors (Lipinski definition) is 5. The summed E-state index contributed by atoms with van der Waals surface area (Å²) < 4.78 is 20.9. The molecular formula is C22H31NO5. The summed E-state index contributed by atoms with van der Waals surface area (Å²) in [5, 5.41) is 2.92. The van der Waals surface area contributed by atoms with Gasteiger partial charge in [0.1, 0.15) is 0 Å². The number of rotatable bonds is 11. The Morgan fingerprint density at radius 1 is 1.18 bits per heavy atom. The molecule has 6 nitrogen and oxygen atoms in total. The minimum absolute atomic E-state index is 0.187. The van der Waals surface area contributed by atoms with E-state index in [-0.39, 0.29) is 11.9 Å². The molecule has 1 amide bonds. The zero-order chi connectivity index (χ0) is 20.8. The molecule has 0 aliphatic heterocycles. The molecule has 1 aromatic carbocycles. The Morgan fingerprint density at radius 3 is 2.43 bits per heavy atom. The van der Waals surface area contributed by atoms with Crippen molar-refractivity contribution in [3.63, 3.8) is 0 Å². The van der Waals surface area contributed by atoms with Gasteiger partial charge in [0, 0.05) is 33.0 Å². The molecule has 1 N–H and O–H groups in total. The van der Waals surface area contributed by atoms with E-state index in [2.05, 4.69) is 17.2 Å². The highest BCUT2D eigenvalue weighted by Gasteiger charge is 2.19. The molecule has 1 rings (SSSR count). The van der Waals surface area contributed by atoms with Crippen LogP contribution in [-0.2, 0) is 30.2 Å². The molecule has 0 aromatic heterocycles. The van der Waals surface area contributed by atoms with Crippen LogP contribution in [0.3, 0.4) is 0 Å². The first-order valence-corrected chi connectivity index (χ1v) is 9.40. The standard InChI is InChI=1S/C22H31NO5/c1-6-10-19(23-21(24)22(25-4)26-5)16-18-12-9-11-17(15-18)13-14-20(27-7-2)28-8-3/h6,9-12,15,19-20,22H,7-8,16H2,1-5H3,(H,23,24)/b10-6+. The molecule has 6 heteroatoms. The van der Waals surface area contributed by atoms with Gasteiger partial charge in [0.25, 0.3) is 5.91 Å². The second-order valence-corrected chi connectivity index (χ2v) is 5.86. The van der Waals surface area contributed by atoms with E-state index in [0.29, 0.717) is 19.6 Å². The SMILES string of the molecule is C/C=C/C(Cc1cccc(C#CC(OCC)OCC)c1)NC(=O)C(OC)OC. The monoisotopic (exact) mass is 389 g/mol. The number of allylic oxidation sites excluding steroid dienone is 1. The second-order valence-electron chi connectivity index (χ2n) is 5.86. The fourth-order valence-electron chi connectivity index (χ4n) is 2.57. The first kappa shape index (κ1) is 23.9. The Morgan fingerprint density at radius 2 is 1.86 bits per heavy atom. The van der Waals surface area contributed by atoms with Crippen molar-refractivity contribution in [1.82, 2.24) is 5.32 Å². The Hall–Kier alpha value is -2.17. The van der Waals surface area contributed by atoms with E-state index in [1.807, 2.05) is 57.2 Å². The lowest BCUT2D eigenvalue weighted by atomic mass is 10.0. The van der Waals surface area contributed by atoms with Gasteiger partial charge < -0.3 is 24.3 Å². The Labute approximate surface area is 168 Å². The number of ether oxygens (including phenoxy) is 4. The highest BCUT2D eigenvalue weighted by molar-refractivity contribution is 5.80. The molecular weight excluding hydrogens is 358 g/mol. The summed E-state index contributed by atoms with van der Waals surface area (Å²) in [7, 11) is 2.86. The topological polar surface area (TPSA) is 66.0 Å². The number of methoxy groups -OCH3 is 2. The maximum absolute atomic E-state index is 12.2. The third kappa shape index (κ3) is 8.68. The maximum Gasteiger partial charge on any atom is 0.277 e. The first-order chi connectivity index (χ1) is 13.6. The number of carbonyl (C=O) groups excluding carboxylic acids is 1. The summed E-state index contributed by atoms with van der Waals surface area (Å²) in [5.74, 6) is 5.77. The van der Waals surface area contributed by atoms with E-state index in [4.69, 9.17) is 18.9 Å². The minimum atomic E-state index is -0.931. The van der Waals surface area contributed by atoms with Gasteiger partial charge in [-0.2, -0.15) is 0 Å². The molecule has 0 fully saturated rings. The highest BCUT2D eigenvalue weighted by Crippen LogP contribution is 2.09. The summed E-state index contributed by atoms with van der Waals surface area (Å²) in [6.45, 7) is 6.79. The molecule has 1 unspecified atom stereocenters. The van der Waals surface area contributed by atoms with Crippen molar-refractivity contribution in [2.75, 3.05) is 27.4 Å². The molecule has 1 atom stereocenters. The lowest BCUT2D eigenvalue weighted by Crippen LogP contribution is -2.43. The quantitative estimate of drug-likeness (QED) is 0.358. The van der Waals surface area contributed by atoms with Crippen LogP contribution < -0.4 is 5.32 Å². The Bertz CT molecular complexity index is 667. The van der Waals surface area contributed by atoms with Crippen LogP contribution in [0.25, 0.3) is 0 Å². The van der Waals surface area contributed by atoms with Gasteiger partial charge in [-0.25, -0.2) is 0 Å². The molecule has 28 heavy (non-hydrogen) atoms. The van der Waals surface area contributed by atoms with Gasteiger partial charge in [-0.1, -0.05) is 30.2 Å². The summed E-state index contributed by atoms with van der Waals surface area (Å²) in [5.41, 5.74) is 1.91. The van der Waals surface area contributed by atoms with Gasteiger partial charge in [0.2, 0.25) is 12.6 Å². The molecule has 0 aliphatic rings. The van der Waals surface area contributed by atoms with Crippen molar-refractivity contribution in [2.45, 2.75) is 45.8 Å². The number of carbonyl (C=O) groups is 1. The van der Waals surface area contributed by atoms with Crippen LogP contribution in [0.4, 0.5) is 0 Å². The maximum atomic E-state index is 12.2. The molecule has 0 bridgehead atoms. The van der Waals surface area contributed by atoms with Crippen LogP contribution in [-0.4, -0.2) is 52.0 Å². The summed E-state index contributed by atoms with van der Waals surface area (Å²) >= 11 is 0. The van der Waals surface area contributed by atoms with Crippen molar-refractivity contribution in [1.29, 1.82) is 0 Å². The van der Waals surface area contributed by atoms with Gasteiger partial charge in [0.15, 0.2) is 0 Å². The van der Waals surface area contributed by atoms with E-state index in [1.165, 1.54) is 14.2 Å². The van der Waals surface area contributed by atoms with Crippen molar-refractivity contribution in [3.05, 3.63) is 47.5 Å². The Kier molecular flexibility index (Phi) is 11.9. The predicted molar refractivity (Wildman–Crippen MR) is 109 cm³/mol. The third-order valence-corrected chi connectivity index (χ3v) is 3.75. The summed E-state index contributed by atoms with van der Waals surface area (Å²) in [4.78, 5) is 12.2. The number of amides is 1. The minimum Gasteiger partial charge on any atom is -0.348 e. The highest BCUT2D eigenvalue weighted by atomic mass is 16.7. The van der Waals surface area contributed by atoms with Gasteiger partial charge in [-0.3, -0.25) is 4.79 Å². The van der Waals surface area contributed by atoms with Crippen molar-refractivity contribution in [2.24, 2.45) is 0 Å². The fourth-order valence-corrected chi connectivity index (χ4v) is 2.57. The van der Waals surface area contributed by atoms with Crippen LogP contribution in [0.15, 0.2) is 36.4 Å². The molecule has 0 heterocycles. The smallest absolute Gasteiger partial charge is 0.277 e. The van der Waals surface area contributed by atoms with E-state index >= 15 is 0 Å². The van der Waals surface area contributed by atoms with Gasteiger partial charge in [-0.15, -0.1) is 0 Å². The lowest BCUT2D eigenvalue weighted by Gasteiger charge is -2.19. The average molecular weight is 389 g/mol. The normalized spacial score (nSPS) is 12.2. The predicted octanol–water partition coefficient (Wildman–Crippen LogP) is 2.66. The summed E-state index contributed by atoms with van der Waals surface area (Å²) in [6, 6.07) is 7.68. The fraction of sp³-hybridized carbons (Fsp3) is 0.500. The number of hydrogen-bond donors (Lipinski definition) is 1. The number of nitrogens with one attached hydrogen (secondary N) is 1. The second kappa shape index (κ2) is 13.9. The zero-order valence-corrected chi connectivity index (χ0v) is 17.4. The molecule has 0 spiro atoms. The van der Waals surface area contributed by atoms with Crippen molar-refractivity contribution >= 4 is 5.91 Å². The van der Waals surface area contributed by atoms with Crippen LogP contribution in [0.1, 0.15) is 31.9 Å². The van der Waals surface area contributed by atoms with Crippen LogP contribution in [0.5, 0.6) is 0 Å².